The van der Waals surface area contributed by atoms with E-state index in [-0.39, 0.29) is 6.61 Å². The molecule has 1 unspecified atom stereocenters. The number of aliphatic hydroxyl groups is 1. The topological polar surface area (TPSA) is 41.5 Å². The first-order valence-corrected chi connectivity index (χ1v) is 8.25. The summed E-state index contributed by atoms with van der Waals surface area (Å²) in [5.74, 6) is 0.803. The molecule has 1 aliphatic rings. The van der Waals surface area contributed by atoms with Gasteiger partial charge in [-0.15, -0.1) is 11.3 Å². The lowest BCUT2D eigenvalue weighted by Crippen LogP contribution is -2.28. The summed E-state index contributed by atoms with van der Waals surface area (Å²) in [6.45, 7) is 2.30. The summed E-state index contributed by atoms with van der Waals surface area (Å²) in [7, 11) is 0. The van der Waals surface area contributed by atoms with Crippen molar-refractivity contribution in [1.29, 1.82) is 0 Å². The molecule has 0 radical (unpaired) electrons. The molecule has 1 aliphatic carbocycles. The third-order valence-corrected chi connectivity index (χ3v) is 4.74. The Balaban J connectivity index is 1.75. The summed E-state index contributed by atoms with van der Waals surface area (Å²) in [6.07, 6.45) is 6.49. The Morgan fingerprint density at radius 1 is 1.37 bits per heavy atom. The molecule has 0 aliphatic heterocycles. The minimum atomic E-state index is 0.118. The molecule has 1 atom stereocenters. The van der Waals surface area contributed by atoms with Crippen LogP contribution in [0, 0.1) is 5.92 Å². The van der Waals surface area contributed by atoms with E-state index in [0.717, 1.165) is 25.5 Å². The first kappa shape index (κ1) is 15.0. The van der Waals surface area contributed by atoms with Crippen molar-refractivity contribution in [3.8, 4) is 0 Å². The summed E-state index contributed by atoms with van der Waals surface area (Å²) >= 11 is 1.86. The Labute approximate surface area is 120 Å². The molecule has 0 amide bonds. The third kappa shape index (κ3) is 4.88. The van der Waals surface area contributed by atoms with Gasteiger partial charge in [0, 0.05) is 17.5 Å². The van der Waals surface area contributed by atoms with Crippen molar-refractivity contribution in [3.63, 3.8) is 0 Å². The number of hydrogen-bond acceptors (Lipinski definition) is 4. The highest BCUT2D eigenvalue weighted by Crippen LogP contribution is 2.37. The van der Waals surface area contributed by atoms with Crippen LogP contribution >= 0.6 is 11.3 Å². The van der Waals surface area contributed by atoms with E-state index in [4.69, 9.17) is 9.84 Å². The summed E-state index contributed by atoms with van der Waals surface area (Å²) in [5, 5.41) is 14.5. The average Bonchev–Trinajstić information content (AvgIpc) is 3.11. The van der Waals surface area contributed by atoms with Crippen LogP contribution in [0.4, 0.5) is 0 Å². The lowest BCUT2D eigenvalue weighted by molar-refractivity contribution is 0.0900. The number of ether oxygens (including phenoxy) is 1. The molecule has 1 saturated carbocycles. The molecule has 1 aromatic rings. The monoisotopic (exact) mass is 283 g/mol. The molecule has 3 nitrogen and oxygen atoms in total. The summed E-state index contributed by atoms with van der Waals surface area (Å²) in [6, 6.07) is 4.93. The van der Waals surface area contributed by atoms with Crippen LogP contribution in [-0.2, 0) is 4.74 Å². The van der Waals surface area contributed by atoms with Gasteiger partial charge in [-0.2, -0.15) is 0 Å². The molecule has 108 valence electrons. The van der Waals surface area contributed by atoms with Crippen LogP contribution < -0.4 is 5.32 Å². The molecule has 0 bridgehead atoms. The lowest BCUT2D eigenvalue weighted by atomic mass is 9.96. The number of thiophene rings is 1. The molecule has 0 spiro atoms. The minimum Gasteiger partial charge on any atom is -0.394 e. The van der Waals surface area contributed by atoms with Crippen LogP contribution in [0.15, 0.2) is 17.5 Å². The molecule has 2 N–H and O–H groups in total. The van der Waals surface area contributed by atoms with Crippen molar-refractivity contribution >= 4 is 11.3 Å². The SMILES string of the molecule is OCCOCCCNC(c1cccs1)C1CCCC1. The van der Waals surface area contributed by atoms with Gasteiger partial charge >= 0.3 is 0 Å². The fourth-order valence-electron chi connectivity index (χ4n) is 2.86. The van der Waals surface area contributed by atoms with Crippen LogP contribution in [0.1, 0.15) is 43.0 Å². The standard InChI is InChI=1S/C15H25NO2S/c17-9-11-18-10-4-8-16-15(13-5-1-2-6-13)14-7-3-12-19-14/h3,7,12-13,15-17H,1-2,4-6,8-11H2. The van der Waals surface area contributed by atoms with E-state index in [1.165, 1.54) is 30.6 Å². The van der Waals surface area contributed by atoms with Crippen molar-refractivity contribution in [1.82, 2.24) is 5.32 Å². The fourth-order valence-corrected chi connectivity index (χ4v) is 3.75. The van der Waals surface area contributed by atoms with E-state index in [9.17, 15) is 0 Å². The maximum absolute atomic E-state index is 8.64. The van der Waals surface area contributed by atoms with Gasteiger partial charge in [-0.05, 0) is 43.2 Å². The van der Waals surface area contributed by atoms with E-state index in [1.54, 1.807) is 0 Å². The summed E-state index contributed by atoms with van der Waals surface area (Å²) < 4.78 is 5.29. The summed E-state index contributed by atoms with van der Waals surface area (Å²) in [5.41, 5.74) is 0. The Morgan fingerprint density at radius 3 is 2.89 bits per heavy atom. The molecule has 1 aromatic heterocycles. The van der Waals surface area contributed by atoms with E-state index in [1.807, 2.05) is 11.3 Å². The molecule has 0 aromatic carbocycles. The first-order valence-electron chi connectivity index (χ1n) is 7.37. The number of rotatable bonds is 9. The van der Waals surface area contributed by atoms with Gasteiger partial charge < -0.3 is 15.2 Å². The quantitative estimate of drug-likeness (QED) is 0.685. The van der Waals surface area contributed by atoms with Gasteiger partial charge in [0.2, 0.25) is 0 Å². The number of hydrogen-bond donors (Lipinski definition) is 2. The maximum Gasteiger partial charge on any atom is 0.0697 e. The van der Waals surface area contributed by atoms with Gasteiger partial charge in [-0.25, -0.2) is 0 Å². The van der Waals surface area contributed by atoms with Gasteiger partial charge in [0.25, 0.3) is 0 Å². The molecule has 1 heterocycles. The lowest BCUT2D eigenvalue weighted by Gasteiger charge is -2.24. The molecule has 19 heavy (non-hydrogen) atoms. The van der Waals surface area contributed by atoms with E-state index >= 15 is 0 Å². The van der Waals surface area contributed by atoms with Crippen LogP contribution in [-0.4, -0.2) is 31.5 Å². The van der Waals surface area contributed by atoms with Crippen molar-refractivity contribution in [2.24, 2.45) is 5.92 Å². The van der Waals surface area contributed by atoms with Crippen LogP contribution in [0.2, 0.25) is 0 Å². The van der Waals surface area contributed by atoms with Crippen molar-refractivity contribution in [2.75, 3.05) is 26.4 Å². The molecule has 2 rings (SSSR count). The number of aliphatic hydroxyl groups excluding tert-OH is 1. The van der Waals surface area contributed by atoms with Crippen LogP contribution in [0.3, 0.4) is 0 Å². The first-order chi connectivity index (χ1) is 9.42. The molecular weight excluding hydrogens is 258 g/mol. The largest absolute Gasteiger partial charge is 0.394 e. The molecule has 1 fully saturated rings. The predicted molar refractivity (Wildman–Crippen MR) is 79.5 cm³/mol. The van der Waals surface area contributed by atoms with Gasteiger partial charge in [0.1, 0.15) is 0 Å². The smallest absolute Gasteiger partial charge is 0.0697 e. The van der Waals surface area contributed by atoms with Gasteiger partial charge in [0.15, 0.2) is 0 Å². The van der Waals surface area contributed by atoms with Crippen LogP contribution in [0.5, 0.6) is 0 Å². The Kier molecular flexibility index (Phi) is 6.85. The Bertz CT molecular complexity index is 323. The average molecular weight is 283 g/mol. The zero-order valence-corrected chi connectivity index (χ0v) is 12.3. The highest BCUT2D eigenvalue weighted by molar-refractivity contribution is 7.10. The minimum absolute atomic E-state index is 0.118. The summed E-state index contributed by atoms with van der Waals surface area (Å²) in [4.78, 5) is 1.48. The van der Waals surface area contributed by atoms with Gasteiger partial charge in [0.05, 0.1) is 13.2 Å². The van der Waals surface area contributed by atoms with Gasteiger partial charge in [-0.3, -0.25) is 0 Å². The van der Waals surface area contributed by atoms with Gasteiger partial charge in [-0.1, -0.05) is 18.9 Å². The highest BCUT2D eigenvalue weighted by Gasteiger charge is 2.26. The molecular formula is C15H25NO2S. The third-order valence-electron chi connectivity index (χ3n) is 3.79. The predicted octanol–water partition coefficient (Wildman–Crippen LogP) is 2.97. The van der Waals surface area contributed by atoms with Crippen LogP contribution in [0.25, 0.3) is 0 Å². The van der Waals surface area contributed by atoms with Crippen molar-refractivity contribution in [2.45, 2.75) is 38.1 Å². The van der Waals surface area contributed by atoms with Crippen molar-refractivity contribution in [3.05, 3.63) is 22.4 Å². The highest BCUT2D eigenvalue weighted by atomic mass is 32.1. The van der Waals surface area contributed by atoms with Crippen molar-refractivity contribution < 1.29 is 9.84 Å². The molecule has 0 saturated heterocycles. The Morgan fingerprint density at radius 2 is 2.21 bits per heavy atom. The van der Waals surface area contributed by atoms with E-state index < -0.39 is 0 Å². The van der Waals surface area contributed by atoms with E-state index in [0.29, 0.717) is 12.6 Å². The normalized spacial score (nSPS) is 17.9. The zero-order chi connectivity index (χ0) is 13.3. The number of nitrogens with one attached hydrogen (secondary N) is 1. The second kappa shape index (κ2) is 8.69. The van der Waals surface area contributed by atoms with E-state index in [2.05, 4.69) is 22.8 Å². The second-order valence-corrected chi connectivity index (χ2v) is 6.16. The molecule has 4 heteroatoms. The zero-order valence-electron chi connectivity index (χ0n) is 11.5. The fraction of sp³-hybridized carbons (Fsp3) is 0.733. The Hall–Kier alpha value is -0.420. The maximum atomic E-state index is 8.64. The second-order valence-electron chi connectivity index (χ2n) is 5.18.